The van der Waals surface area contributed by atoms with E-state index < -0.39 is 0 Å². The summed E-state index contributed by atoms with van der Waals surface area (Å²) in [4.78, 5) is 17.0. The second-order valence-electron chi connectivity index (χ2n) is 6.10. The van der Waals surface area contributed by atoms with E-state index in [2.05, 4.69) is 10.3 Å². The Labute approximate surface area is 153 Å². The highest BCUT2D eigenvalue weighted by Crippen LogP contribution is 2.22. The van der Waals surface area contributed by atoms with Gasteiger partial charge in [0.25, 0.3) is 5.91 Å². The molecule has 0 saturated heterocycles. The lowest BCUT2D eigenvalue weighted by atomic mass is 10.1. The van der Waals surface area contributed by atoms with Crippen LogP contribution in [0.15, 0.2) is 48.5 Å². The standard InChI is InChI=1S/C21H22N2O3/c1-14-5-4-6-18(11-14)26-10-9-22-21(24)19-13-16-12-17(25-3)7-8-20(16)23-15(19)2/h4-8,11-13H,9-10H2,1-3H3,(H,22,24). The Bertz CT molecular complexity index is 938. The maximum atomic E-state index is 12.5. The molecule has 0 aliphatic heterocycles. The average molecular weight is 350 g/mol. The van der Waals surface area contributed by atoms with E-state index in [1.54, 1.807) is 7.11 Å². The van der Waals surface area contributed by atoms with Gasteiger partial charge < -0.3 is 14.8 Å². The van der Waals surface area contributed by atoms with Crippen LogP contribution in [0.3, 0.4) is 0 Å². The smallest absolute Gasteiger partial charge is 0.253 e. The van der Waals surface area contributed by atoms with Gasteiger partial charge in [-0.2, -0.15) is 0 Å². The van der Waals surface area contributed by atoms with E-state index in [0.717, 1.165) is 28.0 Å². The molecule has 0 aliphatic carbocycles. The van der Waals surface area contributed by atoms with E-state index in [4.69, 9.17) is 9.47 Å². The minimum Gasteiger partial charge on any atom is -0.497 e. The van der Waals surface area contributed by atoms with Gasteiger partial charge in [-0.05, 0) is 55.8 Å². The quantitative estimate of drug-likeness (QED) is 0.689. The summed E-state index contributed by atoms with van der Waals surface area (Å²) in [6.07, 6.45) is 0. The van der Waals surface area contributed by atoms with Gasteiger partial charge in [0, 0.05) is 5.39 Å². The first-order chi connectivity index (χ1) is 12.6. The SMILES string of the molecule is COc1ccc2nc(C)c(C(=O)NCCOc3cccc(C)c3)cc2c1. The van der Waals surface area contributed by atoms with Crippen molar-refractivity contribution in [3.05, 3.63) is 65.4 Å². The number of hydrogen-bond acceptors (Lipinski definition) is 4. The van der Waals surface area contributed by atoms with Gasteiger partial charge in [-0.15, -0.1) is 0 Å². The van der Waals surface area contributed by atoms with Gasteiger partial charge in [-0.1, -0.05) is 12.1 Å². The Hall–Kier alpha value is -3.08. The summed E-state index contributed by atoms with van der Waals surface area (Å²) in [6.45, 7) is 4.67. The molecule has 3 aromatic rings. The number of hydrogen-bond donors (Lipinski definition) is 1. The van der Waals surface area contributed by atoms with Gasteiger partial charge in [-0.25, -0.2) is 0 Å². The van der Waals surface area contributed by atoms with Crippen LogP contribution in [0.5, 0.6) is 11.5 Å². The van der Waals surface area contributed by atoms with Crippen LogP contribution in [0.25, 0.3) is 10.9 Å². The number of ether oxygens (including phenoxy) is 2. The summed E-state index contributed by atoms with van der Waals surface area (Å²) in [5.41, 5.74) is 3.23. The Kier molecular flexibility index (Phi) is 5.37. The maximum Gasteiger partial charge on any atom is 0.253 e. The van der Waals surface area contributed by atoms with Gasteiger partial charge in [0.1, 0.15) is 18.1 Å². The Morgan fingerprint density at radius 2 is 1.92 bits per heavy atom. The third kappa shape index (κ3) is 4.11. The highest BCUT2D eigenvalue weighted by atomic mass is 16.5. The molecule has 0 spiro atoms. The van der Waals surface area contributed by atoms with Crippen molar-refractivity contribution >= 4 is 16.8 Å². The number of methoxy groups -OCH3 is 1. The number of rotatable bonds is 6. The second-order valence-corrected chi connectivity index (χ2v) is 6.10. The molecule has 5 heteroatoms. The molecular weight excluding hydrogens is 328 g/mol. The molecule has 1 heterocycles. The van der Waals surface area contributed by atoms with Crippen molar-refractivity contribution in [2.24, 2.45) is 0 Å². The lowest BCUT2D eigenvalue weighted by Crippen LogP contribution is -2.28. The number of fused-ring (bicyclic) bond motifs is 1. The largest absolute Gasteiger partial charge is 0.497 e. The van der Waals surface area contributed by atoms with Crippen molar-refractivity contribution in [3.8, 4) is 11.5 Å². The number of aromatic nitrogens is 1. The predicted octanol–water partition coefficient (Wildman–Crippen LogP) is 3.67. The maximum absolute atomic E-state index is 12.5. The number of benzene rings is 2. The first kappa shape index (κ1) is 17.7. The number of carbonyl (C=O) groups is 1. The highest BCUT2D eigenvalue weighted by molar-refractivity contribution is 5.98. The van der Waals surface area contributed by atoms with Crippen molar-refractivity contribution in [3.63, 3.8) is 0 Å². The number of nitrogens with one attached hydrogen (secondary N) is 1. The molecule has 0 saturated carbocycles. The van der Waals surface area contributed by atoms with Crippen molar-refractivity contribution in [1.82, 2.24) is 10.3 Å². The number of carbonyl (C=O) groups excluding carboxylic acids is 1. The molecule has 1 N–H and O–H groups in total. The second kappa shape index (κ2) is 7.87. The van der Waals surface area contributed by atoms with E-state index >= 15 is 0 Å². The summed E-state index contributed by atoms with van der Waals surface area (Å²) >= 11 is 0. The third-order valence-corrected chi connectivity index (χ3v) is 4.10. The topological polar surface area (TPSA) is 60.5 Å². The molecule has 0 radical (unpaired) electrons. The number of pyridine rings is 1. The lowest BCUT2D eigenvalue weighted by Gasteiger charge is -2.11. The molecule has 0 aliphatic rings. The van der Waals surface area contributed by atoms with Crippen LogP contribution in [0.2, 0.25) is 0 Å². The van der Waals surface area contributed by atoms with Gasteiger partial charge in [0.05, 0.1) is 30.4 Å². The zero-order valence-corrected chi connectivity index (χ0v) is 15.2. The molecule has 2 aromatic carbocycles. The summed E-state index contributed by atoms with van der Waals surface area (Å²) in [5, 5.41) is 3.75. The van der Waals surface area contributed by atoms with Gasteiger partial charge in [0.15, 0.2) is 0 Å². The van der Waals surface area contributed by atoms with E-state index in [-0.39, 0.29) is 5.91 Å². The summed E-state index contributed by atoms with van der Waals surface area (Å²) < 4.78 is 10.9. The van der Waals surface area contributed by atoms with Crippen molar-refractivity contribution in [1.29, 1.82) is 0 Å². The Morgan fingerprint density at radius 1 is 1.08 bits per heavy atom. The van der Waals surface area contributed by atoms with Crippen LogP contribution >= 0.6 is 0 Å². The van der Waals surface area contributed by atoms with Crippen LogP contribution in [-0.4, -0.2) is 31.2 Å². The zero-order chi connectivity index (χ0) is 18.5. The third-order valence-electron chi connectivity index (χ3n) is 4.10. The molecule has 1 amide bonds. The molecule has 3 rings (SSSR count). The molecule has 0 bridgehead atoms. The molecule has 26 heavy (non-hydrogen) atoms. The minimum atomic E-state index is -0.160. The van der Waals surface area contributed by atoms with Crippen LogP contribution in [0.1, 0.15) is 21.6 Å². The summed E-state index contributed by atoms with van der Waals surface area (Å²) in [7, 11) is 1.62. The van der Waals surface area contributed by atoms with E-state index in [9.17, 15) is 4.79 Å². The van der Waals surface area contributed by atoms with E-state index in [0.29, 0.717) is 24.4 Å². The van der Waals surface area contributed by atoms with Crippen LogP contribution in [-0.2, 0) is 0 Å². The Balaban J connectivity index is 1.64. The highest BCUT2D eigenvalue weighted by Gasteiger charge is 2.12. The fourth-order valence-corrected chi connectivity index (χ4v) is 2.74. The molecule has 5 nitrogen and oxygen atoms in total. The summed E-state index contributed by atoms with van der Waals surface area (Å²) in [6, 6.07) is 15.3. The van der Waals surface area contributed by atoms with Crippen LogP contribution < -0.4 is 14.8 Å². The van der Waals surface area contributed by atoms with E-state index in [1.165, 1.54) is 0 Å². The zero-order valence-electron chi connectivity index (χ0n) is 15.2. The predicted molar refractivity (Wildman–Crippen MR) is 102 cm³/mol. The molecule has 0 fully saturated rings. The minimum absolute atomic E-state index is 0.160. The molecule has 1 aromatic heterocycles. The van der Waals surface area contributed by atoms with Gasteiger partial charge in [-0.3, -0.25) is 9.78 Å². The Morgan fingerprint density at radius 3 is 2.69 bits per heavy atom. The van der Waals surface area contributed by atoms with Crippen LogP contribution in [0.4, 0.5) is 0 Å². The molecule has 0 atom stereocenters. The first-order valence-electron chi connectivity index (χ1n) is 8.50. The normalized spacial score (nSPS) is 10.6. The van der Waals surface area contributed by atoms with Crippen molar-refractivity contribution in [2.75, 3.05) is 20.3 Å². The molecular formula is C21H22N2O3. The monoisotopic (exact) mass is 350 g/mol. The van der Waals surface area contributed by atoms with Crippen molar-refractivity contribution in [2.45, 2.75) is 13.8 Å². The average Bonchev–Trinajstić information content (AvgIpc) is 2.64. The molecule has 0 unspecified atom stereocenters. The fourth-order valence-electron chi connectivity index (χ4n) is 2.74. The summed E-state index contributed by atoms with van der Waals surface area (Å²) in [5.74, 6) is 1.38. The van der Waals surface area contributed by atoms with Gasteiger partial charge in [0.2, 0.25) is 0 Å². The first-order valence-corrected chi connectivity index (χ1v) is 8.50. The van der Waals surface area contributed by atoms with Crippen LogP contribution in [0, 0.1) is 13.8 Å². The number of nitrogens with zero attached hydrogens (tertiary/aromatic N) is 1. The van der Waals surface area contributed by atoms with Crippen molar-refractivity contribution < 1.29 is 14.3 Å². The molecule has 134 valence electrons. The lowest BCUT2D eigenvalue weighted by molar-refractivity contribution is 0.0946. The number of aryl methyl sites for hydroxylation is 2. The fraction of sp³-hybridized carbons (Fsp3) is 0.238. The number of amides is 1. The van der Waals surface area contributed by atoms with E-state index in [1.807, 2.05) is 62.4 Å². The van der Waals surface area contributed by atoms with Gasteiger partial charge >= 0.3 is 0 Å².